The molecule has 128 valence electrons. The highest BCUT2D eigenvalue weighted by atomic mass is 32.2. The van der Waals surface area contributed by atoms with Crippen LogP contribution >= 0.6 is 11.8 Å². The van der Waals surface area contributed by atoms with Gasteiger partial charge < -0.3 is 5.32 Å². The summed E-state index contributed by atoms with van der Waals surface area (Å²) in [6.45, 7) is 6.08. The molecular weight excluding hydrogens is 332 g/mol. The molecule has 1 amide bonds. The average molecular weight is 352 g/mol. The predicted molar refractivity (Wildman–Crippen MR) is 101 cm³/mol. The molecule has 25 heavy (non-hydrogen) atoms. The normalized spacial score (nSPS) is 10.7. The summed E-state index contributed by atoms with van der Waals surface area (Å²) in [7, 11) is 0. The largest absolute Gasteiger partial charge is 0.324 e. The minimum absolute atomic E-state index is 0.0726. The molecule has 0 spiro atoms. The molecule has 2 heterocycles. The van der Waals surface area contributed by atoms with Crippen molar-refractivity contribution in [3.63, 3.8) is 0 Å². The van der Waals surface area contributed by atoms with Crippen LogP contribution in [0, 0.1) is 20.8 Å². The Morgan fingerprint density at radius 1 is 1.16 bits per heavy atom. The number of nitrogens with zero attached hydrogens (tertiary/aromatic N) is 3. The van der Waals surface area contributed by atoms with Gasteiger partial charge in [-0.3, -0.25) is 14.3 Å². The summed E-state index contributed by atoms with van der Waals surface area (Å²) in [6, 6.07) is 8.18. The number of aromatic nitrogens is 3. The molecule has 0 unspecified atom stereocenters. The molecule has 3 aromatic rings. The maximum atomic E-state index is 12.2. The van der Waals surface area contributed by atoms with Crippen LogP contribution in [0.4, 0.5) is 5.69 Å². The van der Waals surface area contributed by atoms with E-state index >= 15 is 0 Å². The second-order valence-corrected chi connectivity index (χ2v) is 6.84. The maximum absolute atomic E-state index is 12.2. The Balaban J connectivity index is 1.71. The number of rotatable bonds is 5. The molecule has 0 aliphatic rings. The van der Waals surface area contributed by atoms with Crippen LogP contribution in [0.2, 0.25) is 0 Å². The predicted octanol–water partition coefficient (Wildman–Crippen LogP) is 3.92. The van der Waals surface area contributed by atoms with Gasteiger partial charge in [0.25, 0.3) is 0 Å². The van der Waals surface area contributed by atoms with E-state index in [-0.39, 0.29) is 11.7 Å². The van der Waals surface area contributed by atoms with Gasteiger partial charge in [-0.15, -0.1) is 0 Å². The molecule has 1 N–H and O–H groups in total. The summed E-state index contributed by atoms with van der Waals surface area (Å²) in [5.41, 5.74) is 5.18. The van der Waals surface area contributed by atoms with E-state index in [4.69, 9.17) is 0 Å². The number of benzene rings is 1. The zero-order chi connectivity index (χ0) is 17.8. The number of aryl methyl sites for hydroxylation is 3. The second-order valence-electron chi connectivity index (χ2n) is 5.90. The molecular formula is C19H20N4OS. The van der Waals surface area contributed by atoms with Crippen molar-refractivity contribution < 1.29 is 4.79 Å². The molecule has 0 aliphatic heterocycles. The molecule has 0 radical (unpaired) electrons. The third-order valence-electron chi connectivity index (χ3n) is 3.88. The fraction of sp³-hybridized carbons (Fsp3) is 0.211. The number of amides is 1. The number of carbonyl (C=O) groups excluding carboxylic acids is 1. The second kappa shape index (κ2) is 7.53. The highest BCUT2D eigenvalue weighted by Crippen LogP contribution is 2.24. The maximum Gasteiger partial charge on any atom is 0.234 e. The lowest BCUT2D eigenvalue weighted by molar-refractivity contribution is -0.113. The molecule has 0 fully saturated rings. The van der Waals surface area contributed by atoms with E-state index in [1.807, 2.05) is 23.8 Å². The van der Waals surface area contributed by atoms with Crippen molar-refractivity contribution in [1.29, 1.82) is 0 Å². The van der Waals surface area contributed by atoms with Gasteiger partial charge in [-0.1, -0.05) is 23.9 Å². The first-order chi connectivity index (χ1) is 12.0. The molecule has 3 rings (SSSR count). The van der Waals surface area contributed by atoms with Gasteiger partial charge in [0.05, 0.1) is 23.3 Å². The Kier molecular flexibility index (Phi) is 5.19. The molecule has 0 saturated heterocycles. The van der Waals surface area contributed by atoms with Gasteiger partial charge in [0, 0.05) is 18.6 Å². The number of hydrogen-bond donors (Lipinski definition) is 1. The molecule has 2 aromatic heterocycles. The molecule has 5 nitrogen and oxygen atoms in total. The Bertz CT molecular complexity index is 904. The number of anilines is 1. The summed E-state index contributed by atoms with van der Waals surface area (Å²) in [5.74, 6) is 0.215. The molecule has 1 aromatic carbocycles. The number of nitrogens with one attached hydrogen (secondary N) is 1. The van der Waals surface area contributed by atoms with Crippen molar-refractivity contribution in [2.45, 2.75) is 25.9 Å². The number of imidazole rings is 1. The fourth-order valence-electron chi connectivity index (χ4n) is 2.47. The van der Waals surface area contributed by atoms with Crippen molar-refractivity contribution in [3.05, 3.63) is 65.7 Å². The topological polar surface area (TPSA) is 59.8 Å². The van der Waals surface area contributed by atoms with Gasteiger partial charge in [0.1, 0.15) is 0 Å². The van der Waals surface area contributed by atoms with E-state index in [9.17, 15) is 4.79 Å². The summed E-state index contributed by atoms with van der Waals surface area (Å²) in [4.78, 5) is 20.7. The highest BCUT2D eigenvalue weighted by Gasteiger charge is 2.11. The zero-order valence-corrected chi connectivity index (χ0v) is 15.3. The quantitative estimate of drug-likeness (QED) is 0.707. The number of pyridine rings is 1. The van der Waals surface area contributed by atoms with Crippen molar-refractivity contribution in [3.8, 4) is 5.69 Å². The van der Waals surface area contributed by atoms with Gasteiger partial charge in [0.15, 0.2) is 5.16 Å². The molecule has 0 saturated carbocycles. The van der Waals surface area contributed by atoms with Crippen LogP contribution in [0.25, 0.3) is 5.69 Å². The van der Waals surface area contributed by atoms with E-state index in [1.54, 1.807) is 18.6 Å². The van der Waals surface area contributed by atoms with Crippen LogP contribution in [0.15, 0.2) is 54.2 Å². The lowest BCUT2D eigenvalue weighted by atomic mass is 10.1. The SMILES string of the molecule is Cc1ccc(C)c(-n2ccnc2SCC(=O)Nc2cnccc2C)c1. The number of hydrogen-bond acceptors (Lipinski definition) is 4. The third-order valence-corrected chi connectivity index (χ3v) is 4.84. The van der Waals surface area contributed by atoms with E-state index in [0.29, 0.717) is 0 Å². The first-order valence-corrected chi connectivity index (χ1v) is 8.97. The summed E-state index contributed by atoms with van der Waals surface area (Å²) >= 11 is 1.42. The van der Waals surface area contributed by atoms with Crippen molar-refractivity contribution in [2.24, 2.45) is 0 Å². The van der Waals surface area contributed by atoms with Crippen molar-refractivity contribution >= 4 is 23.4 Å². The Morgan fingerprint density at radius 3 is 2.80 bits per heavy atom. The highest BCUT2D eigenvalue weighted by molar-refractivity contribution is 7.99. The van der Waals surface area contributed by atoms with Crippen molar-refractivity contribution in [2.75, 3.05) is 11.1 Å². The molecule has 0 aliphatic carbocycles. The lowest BCUT2D eigenvalue weighted by Gasteiger charge is -2.12. The van der Waals surface area contributed by atoms with Gasteiger partial charge in [-0.25, -0.2) is 4.98 Å². The van der Waals surface area contributed by atoms with Gasteiger partial charge >= 0.3 is 0 Å². The van der Waals surface area contributed by atoms with Crippen LogP contribution in [0.5, 0.6) is 0 Å². The Morgan fingerprint density at radius 2 is 2.00 bits per heavy atom. The van der Waals surface area contributed by atoms with E-state index in [0.717, 1.165) is 22.1 Å². The van der Waals surface area contributed by atoms with Crippen LogP contribution < -0.4 is 5.32 Å². The van der Waals surface area contributed by atoms with Gasteiger partial charge in [-0.05, 0) is 49.6 Å². The van der Waals surface area contributed by atoms with Crippen LogP contribution in [-0.2, 0) is 4.79 Å². The van der Waals surface area contributed by atoms with E-state index < -0.39 is 0 Å². The summed E-state index contributed by atoms with van der Waals surface area (Å²) in [5, 5.41) is 3.69. The molecule has 6 heteroatoms. The zero-order valence-electron chi connectivity index (χ0n) is 14.5. The Labute approximate surface area is 151 Å². The molecule has 0 bridgehead atoms. The smallest absolute Gasteiger partial charge is 0.234 e. The van der Waals surface area contributed by atoms with Crippen LogP contribution in [0.3, 0.4) is 0 Å². The number of thioether (sulfide) groups is 1. The average Bonchev–Trinajstić information content (AvgIpc) is 3.05. The van der Waals surface area contributed by atoms with Crippen LogP contribution in [-0.4, -0.2) is 26.2 Å². The first kappa shape index (κ1) is 17.2. The summed E-state index contributed by atoms with van der Waals surface area (Å²) < 4.78 is 2.02. The van der Waals surface area contributed by atoms with Gasteiger partial charge in [-0.2, -0.15) is 0 Å². The molecule has 0 atom stereocenters. The number of carbonyl (C=O) groups is 1. The minimum atomic E-state index is -0.0726. The first-order valence-electron chi connectivity index (χ1n) is 7.99. The Hall–Kier alpha value is -2.60. The fourth-order valence-corrected chi connectivity index (χ4v) is 3.24. The van der Waals surface area contributed by atoms with Gasteiger partial charge in [0.2, 0.25) is 5.91 Å². The minimum Gasteiger partial charge on any atom is -0.324 e. The van der Waals surface area contributed by atoms with Crippen LogP contribution in [0.1, 0.15) is 16.7 Å². The summed E-state index contributed by atoms with van der Waals surface area (Å²) in [6.07, 6.45) is 7.05. The monoisotopic (exact) mass is 352 g/mol. The third kappa shape index (κ3) is 4.09. The standard InChI is InChI=1S/C19H20N4OS/c1-13-4-5-15(3)17(10-13)23-9-8-21-19(23)25-12-18(24)22-16-11-20-7-6-14(16)2/h4-11H,12H2,1-3H3,(H,22,24). The lowest BCUT2D eigenvalue weighted by Crippen LogP contribution is -2.15. The van der Waals surface area contributed by atoms with Crippen molar-refractivity contribution in [1.82, 2.24) is 14.5 Å². The van der Waals surface area contributed by atoms with E-state index in [2.05, 4.69) is 47.3 Å². The van der Waals surface area contributed by atoms with E-state index in [1.165, 1.54) is 22.9 Å².